The van der Waals surface area contributed by atoms with Crippen LogP contribution in [0.3, 0.4) is 0 Å². The smallest absolute Gasteiger partial charge is 0.165 e. The van der Waals surface area contributed by atoms with Crippen molar-refractivity contribution in [2.24, 2.45) is 5.92 Å². The van der Waals surface area contributed by atoms with Crippen molar-refractivity contribution in [2.75, 3.05) is 0 Å². The minimum Gasteiger partial charge on any atom is -0.317 e. The highest BCUT2D eigenvalue weighted by Crippen LogP contribution is 2.37. The van der Waals surface area contributed by atoms with E-state index in [0.717, 1.165) is 33.8 Å². The van der Waals surface area contributed by atoms with Gasteiger partial charge in [-0.05, 0) is 51.3 Å². The predicted octanol–water partition coefficient (Wildman–Crippen LogP) is 7.14. The number of hydrogen-bond donors (Lipinski definition) is 0. The molecule has 0 saturated heterocycles. The summed E-state index contributed by atoms with van der Waals surface area (Å²) >= 11 is 0. The van der Waals surface area contributed by atoms with E-state index in [2.05, 4.69) is 80.8 Å². The van der Waals surface area contributed by atoms with Crippen molar-refractivity contribution >= 4 is 5.78 Å². The molecule has 1 aromatic heterocycles. The number of aryl methyl sites for hydroxylation is 2. The van der Waals surface area contributed by atoms with Crippen molar-refractivity contribution in [2.45, 2.75) is 59.8 Å². The fourth-order valence-corrected chi connectivity index (χ4v) is 4.91. The maximum Gasteiger partial charge on any atom is 0.165 e. The molecule has 0 aliphatic heterocycles. The molecule has 1 heterocycles. The monoisotopic (exact) mass is 385 g/mol. The molecule has 0 unspecified atom stereocenters. The SMILES string of the molecule is Cc1ccc(-c2c(C(=O)CC3CCCC3)c(C)n(-c3ccc(C)cc3)c2C)cc1. The van der Waals surface area contributed by atoms with Gasteiger partial charge < -0.3 is 4.57 Å². The number of carbonyl (C=O) groups excluding carboxylic acids is 1. The lowest BCUT2D eigenvalue weighted by molar-refractivity contribution is 0.0962. The van der Waals surface area contributed by atoms with Crippen LogP contribution in [0.15, 0.2) is 48.5 Å². The van der Waals surface area contributed by atoms with Crippen molar-refractivity contribution in [1.29, 1.82) is 0 Å². The lowest BCUT2D eigenvalue weighted by Crippen LogP contribution is -2.08. The summed E-state index contributed by atoms with van der Waals surface area (Å²) in [7, 11) is 0. The molecule has 150 valence electrons. The second kappa shape index (κ2) is 8.02. The Morgan fingerprint density at radius 2 is 1.38 bits per heavy atom. The normalized spacial score (nSPS) is 14.5. The first-order valence-electron chi connectivity index (χ1n) is 10.8. The fraction of sp³-hybridized carbons (Fsp3) is 0.370. The predicted molar refractivity (Wildman–Crippen MR) is 121 cm³/mol. The Hall–Kier alpha value is -2.61. The summed E-state index contributed by atoms with van der Waals surface area (Å²) in [4.78, 5) is 13.5. The van der Waals surface area contributed by atoms with Crippen LogP contribution in [-0.4, -0.2) is 10.4 Å². The molecular formula is C27H31NO. The third kappa shape index (κ3) is 3.81. The van der Waals surface area contributed by atoms with Crippen LogP contribution in [0.25, 0.3) is 16.8 Å². The Labute approximate surface area is 174 Å². The van der Waals surface area contributed by atoms with Crippen LogP contribution < -0.4 is 0 Å². The summed E-state index contributed by atoms with van der Waals surface area (Å²) < 4.78 is 2.26. The zero-order valence-corrected chi connectivity index (χ0v) is 18.1. The number of nitrogens with zero attached hydrogens (tertiary/aromatic N) is 1. The Morgan fingerprint density at radius 3 is 1.97 bits per heavy atom. The Morgan fingerprint density at radius 1 is 0.828 bits per heavy atom. The molecule has 0 spiro atoms. The highest BCUT2D eigenvalue weighted by molar-refractivity contribution is 6.04. The summed E-state index contributed by atoms with van der Waals surface area (Å²) in [5, 5.41) is 0. The summed E-state index contributed by atoms with van der Waals surface area (Å²) in [5.74, 6) is 0.856. The van der Waals surface area contributed by atoms with Gasteiger partial charge in [-0.3, -0.25) is 4.79 Å². The molecule has 29 heavy (non-hydrogen) atoms. The molecule has 2 nitrogen and oxygen atoms in total. The van der Waals surface area contributed by atoms with Gasteiger partial charge in [0, 0.05) is 34.6 Å². The Balaban J connectivity index is 1.86. The average Bonchev–Trinajstić information content (AvgIpc) is 3.29. The van der Waals surface area contributed by atoms with E-state index in [9.17, 15) is 4.79 Å². The van der Waals surface area contributed by atoms with E-state index in [1.54, 1.807) is 0 Å². The van der Waals surface area contributed by atoms with Crippen molar-refractivity contribution in [3.05, 3.63) is 76.6 Å². The minimum atomic E-state index is 0.305. The summed E-state index contributed by atoms with van der Waals surface area (Å²) in [5.41, 5.74) is 8.96. The first-order chi connectivity index (χ1) is 14.0. The van der Waals surface area contributed by atoms with E-state index >= 15 is 0 Å². The van der Waals surface area contributed by atoms with Gasteiger partial charge in [-0.1, -0.05) is 73.2 Å². The maximum atomic E-state index is 13.5. The van der Waals surface area contributed by atoms with Crippen molar-refractivity contribution in [1.82, 2.24) is 4.57 Å². The molecule has 0 N–H and O–H groups in total. The molecule has 2 aromatic carbocycles. The largest absolute Gasteiger partial charge is 0.317 e. The number of rotatable bonds is 5. The van der Waals surface area contributed by atoms with E-state index in [1.165, 1.54) is 36.8 Å². The molecule has 1 aliphatic rings. The zero-order chi connectivity index (χ0) is 20.5. The molecule has 1 aliphatic carbocycles. The second-order valence-corrected chi connectivity index (χ2v) is 8.74. The van der Waals surface area contributed by atoms with Gasteiger partial charge in [-0.2, -0.15) is 0 Å². The van der Waals surface area contributed by atoms with Crippen molar-refractivity contribution in [3.8, 4) is 16.8 Å². The van der Waals surface area contributed by atoms with Crippen LogP contribution in [0.2, 0.25) is 0 Å². The van der Waals surface area contributed by atoms with E-state index < -0.39 is 0 Å². The third-order valence-electron chi connectivity index (χ3n) is 6.50. The van der Waals surface area contributed by atoms with E-state index in [-0.39, 0.29) is 0 Å². The van der Waals surface area contributed by atoms with E-state index in [0.29, 0.717) is 18.1 Å². The van der Waals surface area contributed by atoms with E-state index in [4.69, 9.17) is 0 Å². The standard InChI is InChI=1S/C27H31NO/c1-18-9-13-23(14-10-18)26-20(3)28(24-15-11-19(2)12-16-24)21(4)27(26)25(29)17-22-7-5-6-8-22/h9-16,22H,5-8,17H2,1-4H3. The number of aromatic nitrogens is 1. The van der Waals surface area contributed by atoms with Gasteiger partial charge in [0.1, 0.15) is 0 Å². The summed E-state index contributed by atoms with van der Waals surface area (Å²) in [6.07, 6.45) is 5.61. The zero-order valence-electron chi connectivity index (χ0n) is 18.1. The van der Waals surface area contributed by atoms with Crippen molar-refractivity contribution in [3.63, 3.8) is 0 Å². The van der Waals surface area contributed by atoms with Gasteiger partial charge in [0.25, 0.3) is 0 Å². The second-order valence-electron chi connectivity index (χ2n) is 8.74. The fourth-order valence-electron chi connectivity index (χ4n) is 4.91. The number of benzene rings is 2. The van der Waals surface area contributed by atoms with Crippen LogP contribution in [0.5, 0.6) is 0 Å². The van der Waals surface area contributed by atoms with Crippen molar-refractivity contribution < 1.29 is 4.79 Å². The van der Waals surface area contributed by atoms with Gasteiger partial charge in [0.2, 0.25) is 0 Å². The van der Waals surface area contributed by atoms with Crippen LogP contribution in [0, 0.1) is 33.6 Å². The molecule has 0 radical (unpaired) electrons. The highest BCUT2D eigenvalue weighted by atomic mass is 16.1. The van der Waals surface area contributed by atoms with Crippen LogP contribution >= 0.6 is 0 Å². The number of hydrogen-bond acceptors (Lipinski definition) is 1. The highest BCUT2D eigenvalue weighted by Gasteiger charge is 2.27. The molecule has 4 rings (SSSR count). The maximum absolute atomic E-state index is 13.5. The van der Waals surface area contributed by atoms with Gasteiger partial charge in [0.05, 0.1) is 0 Å². The minimum absolute atomic E-state index is 0.305. The first-order valence-corrected chi connectivity index (χ1v) is 10.8. The molecule has 2 heteroatoms. The summed E-state index contributed by atoms with van der Waals surface area (Å²) in [6, 6.07) is 17.2. The molecule has 1 fully saturated rings. The Kier molecular flexibility index (Phi) is 5.45. The van der Waals surface area contributed by atoms with Crippen LogP contribution in [0.4, 0.5) is 0 Å². The molecule has 0 amide bonds. The molecular weight excluding hydrogens is 354 g/mol. The van der Waals surface area contributed by atoms with Gasteiger partial charge in [0.15, 0.2) is 5.78 Å². The van der Waals surface area contributed by atoms with Crippen LogP contribution in [-0.2, 0) is 0 Å². The van der Waals surface area contributed by atoms with Crippen LogP contribution in [0.1, 0.15) is 65.0 Å². The molecule has 0 atom stereocenters. The topological polar surface area (TPSA) is 22.0 Å². The molecule has 1 saturated carbocycles. The quantitative estimate of drug-likeness (QED) is 0.428. The van der Waals surface area contributed by atoms with Gasteiger partial charge >= 0.3 is 0 Å². The molecule has 0 bridgehead atoms. The molecule has 3 aromatic rings. The van der Waals surface area contributed by atoms with Gasteiger partial charge in [-0.25, -0.2) is 0 Å². The van der Waals surface area contributed by atoms with Gasteiger partial charge in [-0.15, -0.1) is 0 Å². The lowest BCUT2D eigenvalue weighted by atomic mass is 9.92. The average molecular weight is 386 g/mol. The number of carbonyl (C=O) groups is 1. The Bertz CT molecular complexity index is 1020. The van der Waals surface area contributed by atoms with E-state index in [1.807, 2.05) is 0 Å². The summed E-state index contributed by atoms with van der Waals surface area (Å²) in [6.45, 7) is 8.46. The number of Topliss-reactive ketones (excluding diaryl/α,β-unsaturated/α-hetero) is 1. The number of ketones is 1. The lowest BCUT2D eigenvalue weighted by Gasteiger charge is -2.11. The third-order valence-corrected chi connectivity index (χ3v) is 6.50. The first kappa shape index (κ1) is 19.7.